The lowest BCUT2D eigenvalue weighted by atomic mass is 10.1. The normalized spacial score (nSPS) is 17.9. The molecule has 1 aromatic rings. The minimum Gasteiger partial charge on any atom is -0.354 e. The van der Waals surface area contributed by atoms with Gasteiger partial charge in [0.1, 0.15) is 5.82 Å². The summed E-state index contributed by atoms with van der Waals surface area (Å²) in [4.78, 5) is 13.1. The topological polar surface area (TPSA) is 29.1 Å². The van der Waals surface area contributed by atoms with Crippen molar-refractivity contribution in [3.63, 3.8) is 0 Å². The average molecular weight is 233 g/mol. The predicted octanol–water partition coefficient (Wildman–Crippen LogP) is 3.08. The third kappa shape index (κ3) is 1.55. The van der Waals surface area contributed by atoms with Gasteiger partial charge in [0.25, 0.3) is 0 Å². The van der Waals surface area contributed by atoms with Crippen molar-refractivity contribution in [3.8, 4) is 0 Å². The van der Waals surface area contributed by atoms with Crippen molar-refractivity contribution in [1.82, 2.24) is 0 Å². The van der Waals surface area contributed by atoms with E-state index >= 15 is 0 Å². The van der Waals surface area contributed by atoms with Crippen LogP contribution in [0.3, 0.4) is 0 Å². The molecule has 0 spiro atoms. The van der Waals surface area contributed by atoms with Gasteiger partial charge in [-0.25, -0.2) is 4.39 Å². The molecule has 2 nitrogen and oxygen atoms in total. The first-order valence-electron chi connectivity index (χ1n) is 4.91. The number of ketones is 1. The number of rotatable bonds is 0. The molecule has 80 valence electrons. The first-order chi connectivity index (χ1) is 7.72. The van der Waals surface area contributed by atoms with Gasteiger partial charge in [-0.3, -0.25) is 4.79 Å². The Kier molecular flexibility index (Phi) is 2.11. The SMILES string of the molecule is O=C1C=CC2=C(C1)Sc1cc(F)ccc1N2. The van der Waals surface area contributed by atoms with Crippen LogP contribution in [0.4, 0.5) is 10.1 Å². The molecule has 0 amide bonds. The predicted molar refractivity (Wildman–Crippen MR) is 61.7 cm³/mol. The summed E-state index contributed by atoms with van der Waals surface area (Å²) in [6, 6.07) is 4.63. The van der Waals surface area contributed by atoms with Crippen LogP contribution in [0.1, 0.15) is 6.42 Å². The van der Waals surface area contributed by atoms with Crippen LogP contribution in [0, 0.1) is 5.82 Å². The minimum absolute atomic E-state index is 0.0907. The zero-order valence-corrected chi connectivity index (χ0v) is 9.10. The van der Waals surface area contributed by atoms with Crippen LogP contribution >= 0.6 is 11.8 Å². The highest BCUT2D eigenvalue weighted by molar-refractivity contribution is 8.03. The standard InChI is InChI=1S/C12H8FNOS/c13-7-1-3-9-11(5-7)16-12-6-8(15)2-4-10(12)14-9/h1-5,14H,6H2. The van der Waals surface area contributed by atoms with Gasteiger partial charge in [0, 0.05) is 21.9 Å². The van der Waals surface area contributed by atoms with E-state index in [1.807, 2.05) is 0 Å². The first kappa shape index (κ1) is 9.66. The number of hydrogen-bond donors (Lipinski definition) is 1. The Hall–Kier alpha value is -1.55. The van der Waals surface area contributed by atoms with Crippen molar-refractivity contribution in [3.05, 3.63) is 46.8 Å². The van der Waals surface area contributed by atoms with Crippen molar-refractivity contribution in [2.24, 2.45) is 0 Å². The summed E-state index contributed by atoms with van der Waals surface area (Å²) in [6.07, 6.45) is 3.75. The second-order valence-electron chi connectivity index (χ2n) is 3.68. The molecule has 0 unspecified atom stereocenters. The van der Waals surface area contributed by atoms with Crippen molar-refractivity contribution >= 4 is 23.2 Å². The van der Waals surface area contributed by atoms with E-state index in [1.54, 1.807) is 18.2 Å². The lowest BCUT2D eigenvalue weighted by Crippen LogP contribution is -2.12. The maximum Gasteiger partial charge on any atom is 0.160 e. The van der Waals surface area contributed by atoms with Gasteiger partial charge in [-0.2, -0.15) is 0 Å². The van der Waals surface area contributed by atoms with Crippen molar-refractivity contribution in [1.29, 1.82) is 0 Å². The second kappa shape index (κ2) is 3.49. The minimum atomic E-state index is -0.255. The molecule has 0 bridgehead atoms. The molecule has 0 fully saturated rings. The number of benzene rings is 1. The van der Waals surface area contributed by atoms with Crippen LogP contribution in [-0.2, 0) is 4.79 Å². The Bertz CT molecular complexity index is 548. The zero-order valence-electron chi connectivity index (χ0n) is 8.29. The Morgan fingerprint density at radius 2 is 2.19 bits per heavy atom. The molecule has 1 N–H and O–H groups in total. The Morgan fingerprint density at radius 1 is 1.31 bits per heavy atom. The molecule has 0 aromatic heterocycles. The molecule has 2 aliphatic rings. The summed E-state index contributed by atoms with van der Waals surface area (Å²) >= 11 is 1.46. The fraction of sp³-hybridized carbons (Fsp3) is 0.0833. The molecule has 1 aliphatic carbocycles. The molecule has 1 aromatic carbocycles. The van der Waals surface area contributed by atoms with E-state index in [2.05, 4.69) is 5.32 Å². The van der Waals surface area contributed by atoms with Gasteiger partial charge >= 0.3 is 0 Å². The smallest absolute Gasteiger partial charge is 0.160 e. The lowest BCUT2D eigenvalue weighted by Gasteiger charge is -2.23. The van der Waals surface area contributed by atoms with Crippen molar-refractivity contribution in [2.75, 3.05) is 5.32 Å². The third-order valence-electron chi connectivity index (χ3n) is 2.52. The molecule has 0 saturated carbocycles. The molecule has 4 heteroatoms. The van der Waals surface area contributed by atoms with E-state index in [0.29, 0.717) is 6.42 Å². The van der Waals surface area contributed by atoms with Crippen molar-refractivity contribution in [2.45, 2.75) is 11.3 Å². The van der Waals surface area contributed by atoms with Gasteiger partial charge in [0.05, 0.1) is 5.69 Å². The number of carbonyl (C=O) groups is 1. The molecule has 1 aliphatic heterocycles. The van der Waals surface area contributed by atoms with Gasteiger partial charge in [-0.1, -0.05) is 11.8 Å². The quantitative estimate of drug-likeness (QED) is 0.746. The molecule has 1 heterocycles. The Labute approximate surface area is 96.2 Å². The van der Waals surface area contributed by atoms with E-state index in [4.69, 9.17) is 0 Å². The molecular weight excluding hydrogens is 225 g/mol. The number of nitrogens with one attached hydrogen (secondary N) is 1. The highest BCUT2D eigenvalue weighted by Gasteiger charge is 2.21. The fourth-order valence-corrected chi connectivity index (χ4v) is 2.86. The highest BCUT2D eigenvalue weighted by Crippen LogP contribution is 2.42. The first-order valence-corrected chi connectivity index (χ1v) is 5.72. The average Bonchev–Trinajstić information content (AvgIpc) is 2.26. The van der Waals surface area contributed by atoms with E-state index in [9.17, 15) is 9.18 Å². The second-order valence-corrected chi connectivity index (χ2v) is 4.82. The fourth-order valence-electron chi connectivity index (χ4n) is 1.75. The summed E-state index contributed by atoms with van der Waals surface area (Å²) in [5.74, 6) is -0.164. The van der Waals surface area contributed by atoms with E-state index in [0.717, 1.165) is 21.2 Å². The lowest BCUT2D eigenvalue weighted by molar-refractivity contribution is -0.114. The maximum atomic E-state index is 13.1. The number of carbonyl (C=O) groups excluding carboxylic acids is 1. The van der Waals surface area contributed by atoms with Gasteiger partial charge < -0.3 is 5.32 Å². The third-order valence-corrected chi connectivity index (χ3v) is 3.69. The molecule has 3 rings (SSSR count). The van der Waals surface area contributed by atoms with E-state index < -0.39 is 0 Å². The van der Waals surface area contributed by atoms with Crippen LogP contribution in [-0.4, -0.2) is 5.78 Å². The zero-order chi connectivity index (χ0) is 11.1. The van der Waals surface area contributed by atoms with E-state index in [1.165, 1.54) is 23.9 Å². The van der Waals surface area contributed by atoms with Crippen LogP contribution in [0.2, 0.25) is 0 Å². The maximum absolute atomic E-state index is 13.1. The van der Waals surface area contributed by atoms with Crippen molar-refractivity contribution < 1.29 is 9.18 Å². The molecular formula is C12H8FNOS. The molecule has 0 saturated heterocycles. The largest absolute Gasteiger partial charge is 0.354 e. The number of anilines is 1. The number of fused-ring (bicyclic) bond motifs is 1. The molecule has 0 radical (unpaired) electrons. The summed E-state index contributed by atoms with van der Waals surface area (Å²) in [5, 5.41) is 3.20. The number of hydrogen-bond acceptors (Lipinski definition) is 3. The summed E-state index contributed by atoms with van der Waals surface area (Å²) in [5.41, 5.74) is 1.84. The van der Waals surface area contributed by atoms with Crippen LogP contribution in [0.5, 0.6) is 0 Å². The summed E-state index contributed by atoms with van der Waals surface area (Å²) in [7, 11) is 0. The Morgan fingerprint density at radius 3 is 3.06 bits per heavy atom. The summed E-state index contributed by atoms with van der Waals surface area (Å²) < 4.78 is 13.1. The number of thioether (sulfide) groups is 1. The van der Waals surface area contributed by atoms with Crippen LogP contribution < -0.4 is 5.32 Å². The van der Waals surface area contributed by atoms with Gasteiger partial charge in [0.2, 0.25) is 0 Å². The summed E-state index contributed by atoms with van der Waals surface area (Å²) in [6.45, 7) is 0. The Balaban J connectivity index is 2.02. The molecule has 0 atom stereocenters. The van der Waals surface area contributed by atoms with Gasteiger partial charge in [-0.15, -0.1) is 0 Å². The monoisotopic (exact) mass is 233 g/mol. The van der Waals surface area contributed by atoms with Crippen LogP contribution in [0.25, 0.3) is 0 Å². The van der Waals surface area contributed by atoms with Gasteiger partial charge in [-0.05, 0) is 30.4 Å². The highest BCUT2D eigenvalue weighted by atomic mass is 32.2. The molecule has 16 heavy (non-hydrogen) atoms. The van der Waals surface area contributed by atoms with Gasteiger partial charge in [0.15, 0.2) is 5.78 Å². The van der Waals surface area contributed by atoms with Crippen LogP contribution in [0.15, 0.2) is 45.8 Å². The number of allylic oxidation sites excluding steroid dienone is 3. The number of halogens is 1. The van der Waals surface area contributed by atoms with E-state index in [-0.39, 0.29) is 11.6 Å².